The summed E-state index contributed by atoms with van der Waals surface area (Å²) >= 11 is 1.09. The van der Waals surface area contributed by atoms with Gasteiger partial charge in [0.25, 0.3) is 5.91 Å². The second-order valence-corrected chi connectivity index (χ2v) is 6.35. The van der Waals surface area contributed by atoms with Gasteiger partial charge in [0.1, 0.15) is 10.4 Å². The van der Waals surface area contributed by atoms with Crippen molar-refractivity contribution >= 4 is 29.2 Å². The van der Waals surface area contributed by atoms with Crippen molar-refractivity contribution in [2.24, 2.45) is 0 Å². The van der Waals surface area contributed by atoms with Gasteiger partial charge in [-0.25, -0.2) is 9.59 Å². The van der Waals surface area contributed by atoms with Crippen molar-refractivity contribution in [2.75, 3.05) is 0 Å². The lowest BCUT2D eigenvalue weighted by molar-refractivity contribution is -0.131. The van der Waals surface area contributed by atoms with Crippen molar-refractivity contribution in [3.05, 3.63) is 21.9 Å². The summed E-state index contributed by atoms with van der Waals surface area (Å²) in [6.07, 6.45) is 3.28. The molecule has 1 aromatic heterocycles. The second kappa shape index (κ2) is 4.59. The first-order valence-electron chi connectivity index (χ1n) is 6.48. The molecule has 1 saturated carbocycles. The summed E-state index contributed by atoms with van der Waals surface area (Å²) in [6.45, 7) is 0.143. The molecule has 2 N–H and O–H groups in total. The van der Waals surface area contributed by atoms with E-state index in [9.17, 15) is 14.4 Å². The SMILES string of the molecule is O=C(O)c1ccc(CN2C(=O)NC3(CCCC3)C2=O)s1. The summed E-state index contributed by atoms with van der Waals surface area (Å²) in [5.41, 5.74) is -0.704. The molecule has 0 aromatic carbocycles. The van der Waals surface area contributed by atoms with Crippen LogP contribution in [0.25, 0.3) is 0 Å². The van der Waals surface area contributed by atoms with Gasteiger partial charge in [0.05, 0.1) is 6.54 Å². The van der Waals surface area contributed by atoms with Gasteiger partial charge in [-0.3, -0.25) is 9.69 Å². The number of rotatable bonds is 3. The Bertz CT molecular complexity index is 589. The first kappa shape index (κ1) is 13.1. The van der Waals surface area contributed by atoms with Gasteiger partial charge in [-0.15, -0.1) is 11.3 Å². The van der Waals surface area contributed by atoms with Crippen LogP contribution in [0.5, 0.6) is 0 Å². The Labute approximate surface area is 119 Å². The van der Waals surface area contributed by atoms with Gasteiger partial charge in [0.15, 0.2) is 0 Å². The zero-order valence-corrected chi connectivity index (χ0v) is 11.5. The van der Waals surface area contributed by atoms with E-state index in [4.69, 9.17) is 5.11 Å². The molecule has 20 heavy (non-hydrogen) atoms. The quantitative estimate of drug-likeness (QED) is 0.832. The Kier molecular flexibility index (Phi) is 3.01. The highest BCUT2D eigenvalue weighted by atomic mass is 32.1. The van der Waals surface area contributed by atoms with E-state index in [1.807, 2.05) is 0 Å². The van der Waals surface area contributed by atoms with Gasteiger partial charge >= 0.3 is 12.0 Å². The van der Waals surface area contributed by atoms with Crippen LogP contribution in [0, 0.1) is 0 Å². The molecule has 0 radical (unpaired) electrons. The van der Waals surface area contributed by atoms with Crippen LogP contribution < -0.4 is 5.32 Å². The average molecular weight is 294 g/mol. The molecule has 2 aliphatic rings. The predicted molar refractivity (Wildman–Crippen MR) is 71.6 cm³/mol. The number of carbonyl (C=O) groups excluding carboxylic acids is 2. The summed E-state index contributed by atoms with van der Waals surface area (Å²) in [6, 6.07) is 2.77. The van der Waals surface area contributed by atoms with Crippen molar-refractivity contribution in [1.82, 2.24) is 10.2 Å². The number of amides is 3. The lowest BCUT2D eigenvalue weighted by Gasteiger charge is -2.19. The number of urea groups is 1. The van der Waals surface area contributed by atoms with Crippen LogP contribution in [-0.2, 0) is 11.3 Å². The van der Waals surface area contributed by atoms with Crippen LogP contribution in [-0.4, -0.2) is 33.5 Å². The molecule has 3 amide bonds. The zero-order valence-electron chi connectivity index (χ0n) is 10.7. The fourth-order valence-electron chi connectivity index (χ4n) is 2.87. The topological polar surface area (TPSA) is 86.7 Å². The van der Waals surface area contributed by atoms with Crippen LogP contribution in [0.4, 0.5) is 4.79 Å². The minimum absolute atomic E-state index is 0.143. The van der Waals surface area contributed by atoms with E-state index < -0.39 is 11.5 Å². The van der Waals surface area contributed by atoms with E-state index in [0.717, 1.165) is 24.2 Å². The summed E-state index contributed by atoms with van der Waals surface area (Å²) in [7, 11) is 0. The molecule has 1 saturated heterocycles. The number of nitrogens with one attached hydrogen (secondary N) is 1. The Morgan fingerprint density at radius 1 is 1.35 bits per heavy atom. The standard InChI is InChI=1S/C13H14N2O4S/c16-10(17)9-4-3-8(20-9)7-15-11(18)13(14-12(15)19)5-1-2-6-13/h3-4H,1-2,5-7H2,(H,14,19)(H,16,17). The van der Waals surface area contributed by atoms with Gasteiger partial charge < -0.3 is 10.4 Å². The number of nitrogens with zero attached hydrogens (tertiary/aromatic N) is 1. The highest BCUT2D eigenvalue weighted by Crippen LogP contribution is 2.35. The third kappa shape index (κ3) is 1.98. The number of hydrogen-bond donors (Lipinski definition) is 2. The summed E-state index contributed by atoms with van der Waals surface area (Å²) < 4.78 is 0. The molecule has 0 unspecified atom stereocenters. The van der Waals surface area contributed by atoms with Crippen LogP contribution in [0.1, 0.15) is 40.2 Å². The molecule has 1 aliphatic carbocycles. The number of imide groups is 1. The molecule has 6 nitrogen and oxygen atoms in total. The number of aromatic carboxylic acids is 1. The first-order valence-corrected chi connectivity index (χ1v) is 7.30. The van der Waals surface area contributed by atoms with Crippen molar-refractivity contribution in [3.8, 4) is 0 Å². The molecule has 2 fully saturated rings. The third-order valence-corrected chi connectivity index (χ3v) is 4.95. The number of carboxylic acids is 1. The van der Waals surface area contributed by atoms with Gasteiger partial charge in [-0.05, 0) is 25.0 Å². The second-order valence-electron chi connectivity index (χ2n) is 5.18. The molecular weight excluding hydrogens is 280 g/mol. The van der Waals surface area contributed by atoms with E-state index >= 15 is 0 Å². The molecule has 3 rings (SSSR count). The maximum Gasteiger partial charge on any atom is 0.345 e. The maximum absolute atomic E-state index is 12.4. The Balaban J connectivity index is 1.78. The fraction of sp³-hybridized carbons (Fsp3) is 0.462. The molecule has 1 spiro atoms. The zero-order chi connectivity index (χ0) is 14.3. The van der Waals surface area contributed by atoms with Gasteiger partial charge in [0, 0.05) is 4.88 Å². The molecule has 106 valence electrons. The van der Waals surface area contributed by atoms with Gasteiger partial charge in [0.2, 0.25) is 0 Å². The van der Waals surface area contributed by atoms with Crippen LogP contribution >= 0.6 is 11.3 Å². The number of thiophene rings is 1. The van der Waals surface area contributed by atoms with Crippen molar-refractivity contribution in [1.29, 1.82) is 0 Å². The largest absolute Gasteiger partial charge is 0.477 e. The van der Waals surface area contributed by atoms with Crippen LogP contribution in [0.3, 0.4) is 0 Å². The van der Waals surface area contributed by atoms with Crippen molar-refractivity contribution < 1.29 is 19.5 Å². The summed E-state index contributed by atoms with van der Waals surface area (Å²) in [4.78, 5) is 37.3. The Hall–Kier alpha value is -1.89. The smallest absolute Gasteiger partial charge is 0.345 e. The fourth-order valence-corrected chi connectivity index (χ4v) is 3.71. The highest BCUT2D eigenvalue weighted by molar-refractivity contribution is 7.13. The van der Waals surface area contributed by atoms with Crippen LogP contribution in [0.2, 0.25) is 0 Å². The highest BCUT2D eigenvalue weighted by Gasteiger charge is 2.52. The predicted octanol–water partition coefficient (Wildman–Crippen LogP) is 1.81. The van der Waals surface area contributed by atoms with Gasteiger partial charge in [-0.1, -0.05) is 12.8 Å². The van der Waals surface area contributed by atoms with Crippen LogP contribution in [0.15, 0.2) is 12.1 Å². The number of carbonyl (C=O) groups is 3. The Morgan fingerprint density at radius 3 is 2.65 bits per heavy atom. The minimum Gasteiger partial charge on any atom is -0.477 e. The van der Waals surface area contributed by atoms with E-state index in [2.05, 4.69) is 5.32 Å². The normalized spacial score (nSPS) is 20.7. The van der Waals surface area contributed by atoms with E-state index in [0.29, 0.717) is 17.7 Å². The summed E-state index contributed by atoms with van der Waals surface area (Å²) in [5, 5.41) is 11.7. The number of hydrogen-bond acceptors (Lipinski definition) is 4. The molecule has 0 bridgehead atoms. The average Bonchev–Trinajstić information content (AvgIpc) is 3.08. The molecule has 2 heterocycles. The first-order chi connectivity index (χ1) is 9.52. The molecule has 1 aliphatic heterocycles. The minimum atomic E-state index is -0.995. The van der Waals surface area contributed by atoms with E-state index in [1.54, 1.807) is 6.07 Å². The Morgan fingerprint density at radius 2 is 2.05 bits per heavy atom. The molecular formula is C13H14N2O4S. The number of carboxylic acid groups (broad SMARTS) is 1. The van der Waals surface area contributed by atoms with Crippen molar-refractivity contribution in [3.63, 3.8) is 0 Å². The van der Waals surface area contributed by atoms with E-state index in [1.165, 1.54) is 11.0 Å². The molecule has 0 atom stereocenters. The maximum atomic E-state index is 12.4. The monoisotopic (exact) mass is 294 g/mol. The lowest BCUT2D eigenvalue weighted by Crippen LogP contribution is -2.44. The van der Waals surface area contributed by atoms with Gasteiger partial charge in [-0.2, -0.15) is 0 Å². The van der Waals surface area contributed by atoms with Crippen molar-refractivity contribution in [2.45, 2.75) is 37.8 Å². The third-order valence-electron chi connectivity index (χ3n) is 3.89. The summed E-state index contributed by atoms with van der Waals surface area (Å²) in [5.74, 6) is -1.17. The lowest BCUT2D eigenvalue weighted by atomic mass is 9.98. The molecule has 1 aromatic rings. The van der Waals surface area contributed by atoms with E-state index in [-0.39, 0.29) is 23.4 Å². The molecule has 7 heteroatoms.